The van der Waals surface area contributed by atoms with Gasteiger partial charge < -0.3 is 5.32 Å². The molecule has 152 valence electrons. The maximum Gasteiger partial charge on any atom is 0.254 e. The highest BCUT2D eigenvalue weighted by molar-refractivity contribution is 5.94. The summed E-state index contributed by atoms with van der Waals surface area (Å²) in [6.07, 6.45) is 4.66. The predicted octanol–water partition coefficient (Wildman–Crippen LogP) is 4.10. The van der Waals surface area contributed by atoms with Crippen LogP contribution in [0.4, 0.5) is 4.39 Å². The summed E-state index contributed by atoms with van der Waals surface area (Å²) >= 11 is 0. The first kappa shape index (κ1) is 18.9. The van der Waals surface area contributed by atoms with Crippen LogP contribution in [0.2, 0.25) is 0 Å². The summed E-state index contributed by atoms with van der Waals surface area (Å²) < 4.78 is 15.3. The van der Waals surface area contributed by atoms with Crippen LogP contribution in [-0.4, -0.2) is 25.7 Å². The number of amides is 1. The van der Waals surface area contributed by atoms with Gasteiger partial charge in [0.2, 0.25) is 0 Å². The van der Waals surface area contributed by atoms with Crippen LogP contribution < -0.4 is 5.32 Å². The number of nitrogens with one attached hydrogen (secondary N) is 1. The van der Waals surface area contributed by atoms with Crippen LogP contribution in [0.1, 0.15) is 21.6 Å². The lowest BCUT2D eigenvalue weighted by Crippen LogP contribution is -2.23. The van der Waals surface area contributed by atoms with Gasteiger partial charge in [0.1, 0.15) is 5.82 Å². The lowest BCUT2D eigenvalue weighted by atomic mass is 10.1. The number of rotatable bonds is 5. The maximum atomic E-state index is 13.7. The number of fused-ring (bicyclic) bond motifs is 2. The van der Waals surface area contributed by atoms with Crippen LogP contribution in [0.3, 0.4) is 0 Å². The summed E-state index contributed by atoms with van der Waals surface area (Å²) in [6, 6.07) is 19.1. The quantitative estimate of drug-likeness (QED) is 0.442. The van der Waals surface area contributed by atoms with Gasteiger partial charge in [-0.05, 0) is 35.9 Å². The minimum absolute atomic E-state index is 0.0149. The summed E-state index contributed by atoms with van der Waals surface area (Å²) in [6.45, 7) is 0.521. The Kier molecular flexibility index (Phi) is 4.84. The second kappa shape index (κ2) is 7.95. The average molecular weight is 411 g/mol. The van der Waals surface area contributed by atoms with Crippen molar-refractivity contribution in [2.24, 2.45) is 0 Å². The van der Waals surface area contributed by atoms with Crippen LogP contribution in [0.15, 0.2) is 79.3 Å². The molecule has 0 radical (unpaired) electrons. The number of hydrogen-bond donors (Lipinski definition) is 1. The maximum absolute atomic E-state index is 13.7. The molecule has 3 heterocycles. The summed E-state index contributed by atoms with van der Waals surface area (Å²) in [5.41, 5.74) is 3.50. The number of carbonyl (C=O) groups is 1. The Balaban J connectivity index is 1.30. The fourth-order valence-electron chi connectivity index (χ4n) is 3.48. The molecule has 0 bridgehead atoms. The van der Waals surface area contributed by atoms with E-state index in [0.29, 0.717) is 12.1 Å². The van der Waals surface area contributed by atoms with Crippen molar-refractivity contribution in [2.75, 3.05) is 0 Å². The molecule has 1 amide bonds. The van der Waals surface area contributed by atoms with E-state index in [1.54, 1.807) is 10.9 Å². The summed E-state index contributed by atoms with van der Waals surface area (Å²) in [7, 11) is 0. The molecule has 0 fully saturated rings. The molecule has 0 saturated heterocycles. The summed E-state index contributed by atoms with van der Waals surface area (Å²) in [5.74, 6) is -0.779. The molecule has 1 N–H and O–H groups in total. The molecule has 5 rings (SSSR count). The highest BCUT2D eigenvalue weighted by Crippen LogP contribution is 2.21. The number of carbonyl (C=O) groups excluding carboxylic acids is 1. The smallest absolute Gasteiger partial charge is 0.254 e. The minimum atomic E-state index is -0.448. The number of nitrogens with zero attached hydrogens (tertiary/aromatic N) is 4. The summed E-state index contributed by atoms with van der Waals surface area (Å²) in [5, 5.41) is 9.13. The van der Waals surface area contributed by atoms with E-state index >= 15 is 0 Å². The topological polar surface area (TPSA) is 72.7 Å². The third-order valence-corrected chi connectivity index (χ3v) is 5.07. The molecule has 0 aliphatic carbocycles. The van der Waals surface area contributed by atoms with Crippen LogP contribution in [0, 0.1) is 5.82 Å². The van der Waals surface area contributed by atoms with Gasteiger partial charge in [0, 0.05) is 23.2 Å². The van der Waals surface area contributed by atoms with Gasteiger partial charge in [-0.3, -0.25) is 14.5 Å². The van der Waals surface area contributed by atoms with Crippen molar-refractivity contribution in [3.63, 3.8) is 0 Å². The van der Waals surface area contributed by atoms with Crippen LogP contribution >= 0.6 is 0 Å². The van der Waals surface area contributed by atoms with E-state index in [1.165, 1.54) is 24.5 Å². The lowest BCUT2D eigenvalue weighted by Gasteiger charge is -2.06. The van der Waals surface area contributed by atoms with E-state index < -0.39 is 5.82 Å². The van der Waals surface area contributed by atoms with Crippen LogP contribution in [0.5, 0.6) is 0 Å². The molecule has 0 saturated carbocycles. The van der Waals surface area contributed by atoms with Gasteiger partial charge >= 0.3 is 0 Å². The summed E-state index contributed by atoms with van der Waals surface area (Å²) in [4.78, 5) is 21.0. The Labute approximate surface area is 177 Å². The van der Waals surface area contributed by atoms with Crippen molar-refractivity contribution in [3.05, 3.63) is 102 Å². The number of hydrogen-bond acceptors (Lipinski definition) is 4. The fraction of sp³-hybridized carbons (Fsp3) is 0.0833. The molecule has 0 atom stereocenters. The number of pyridine rings is 2. The second-order valence-electron chi connectivity index (χ2n) is 7.25. The van der Waals surface area contributed by atoms with Gasteiger partial charge in [0.15, 0.2) is 0 Å². The number of aromatic nitrogens is 4. The van der Waals surface area contributed by atoms with Crippen LogP contribution in [0.25, 0.3) is 21.8 Å². The van der Waals surface area contributed by atoms with Crippen molar-refractivity contribution in [1.29, 1.82) is 0 Å². The van der Waals surface area contributed by atoms with Gasteiger partial charge in [-0.15, -0.1) is 0 Å². The van der Waals surface area contributed by atoms with E-state index in [0.717, 1.165) is 27.4 Å². The molecule has 0 spiro atoms. The highest BCUT2D eigenvalue weighted by atomic mass is 19.1. The van der Waals surface area contributed by atoms with Gasteiger partial charge in [0.25, 0.3) is 5.91 Å². The van der Waals surface area contributed by atoms with E-state index in [9.17, 15) is 9.18 Å². The van der Waals surface area contributed by atoms with Crippen molar-refractivity contribution < 1.29 is 9.18 Å². The molecule has 5 aromatic rings. The Hall–Kier alpha value is -4.13. The fourth-order valence-corrected chi connectivity index (χ4v) is 3.48. The van der Waals surface area contributed by atoms with Crippen molar-refractivity contribution in [1.82, 2.24) is 25.1 Å². The standard InChI is InChI=1S/C24H18FN5O/c25-20-5-3-9-26-23(20)13-27-24(31)19-12-28-30(15-19)14-16-7-8-18-11-17-4-1-2-6-21(17)29-22(18)10-16/h1-12,15H,13-14H2,(H,27,31). The van der Waals surface area contributed by atoms with E-state index in [4.69, 9.17) is 4.98 Å². The molecular weight excluding hydrogens is 393 g/mol. The number of halogens is 1. The number of benzene rings is 2. The first-order chi connectivity index (χ1) is 15.2. The molecule has 6 nitrogen and oxygen atoms in total. The van der Waals surface area contributed by atoms with Gasteiger partial charge in [-0.25, -0.2) is 9.37 Å². The molecule has 0 unspecified atom stereocenters. The molecule has 0 aliphatic rings. The predicted molar refractivity (Wildman–Crippen MR) is 116 cm³/mol. The molecule has 7 heteroatoms. The van der Waals surface area contributed by atoms with Gasteiger partial charge in [-0.2, -0.15) is 5.10 Å². The zero-order valence-corrected chi connectivity index (χ0v) is 16.5. The third-order valence-electron chi connectivity index (χ3n) is 5.07. The Morgan fingerprint density at radius 2 is 1.87 bits per heavy atom. The lowest BCUT2D eigenvalue weighted by molar-refractivity contribution is 0.0950. The molecule has 0 aliphatic heterocycles. The Morgan fingerprint density at radius 3 is 2.77 bits per heavy atom. The SMILES string of the molecule is O=C(NCc1ncccc1F)c1cnn(Cc2ccc3cc4ccccc4nc3c2)c1. The zero-order valence-electron chi connectivity index (χ0n) is 16.5. The van der Waals surface area contributed by atoms with Gasteiger partial charge in [-0.1, -0.05) is 30.3 Å². The molecule has 3 aromatic heterocycles. The van der Waals surface area contributed by atoms with E-state index in [-0.39, 0.29) is 18.1 Å². The first-order valence-electron chi connectivity index (χ1n) is 9.84. The molecule has 2 aromatic carbocycles. The Morgan fingerprint density at radius 1 is 1.00 bits per heavy atom. The second-order valence-corrected chi connectivity index (χ2v) is 7.25. The highest BCUT2D eigenvalue weighted by Gasteiger charge is 2.11. The van der Waals surface area contributed by atoms with E-state index in [1.807, 2.05) is 42.5 Å². The number of para-hydroxylation sites is 1. The first-order valence-corrected chi connectivity index (χ1v) is 9.84. The normalized spacial score (nSPS) is 11.1. The van der Waals surface area contributed by atoms with Crippen LogP contribution in [-0.2, 0) is 13.1 Å². The average Bonchev–Trinajstić information content (AvgIpc) is 3.25. The van der Waals surface area contributed by atoms with Crippen molar-refractivity contribution in [3.8, 4) is 0 Å². The van der Waals surface area contributed by atoms with Crippen molar-refractivity contribution in [2.45, 2.75) is 13.1 Å². The van der Waals surface area contributed by atoms with Gasteiger partial charge in [0.05, 0.1) is 41.6 Å². The zero-order chi connectivity index (χ0) is 21.2. The third kappa shape index (κ3) is 3.98. The minimum Gasteiger partial charge on any atom is -0.346 e. The molecular formula is C24H18FN5O. The van der Waals surface area contributed by atoms with Crippen molar-refractivity contribution >= 4 is 27.7 Å². The Bertz CT molecular complexity index is 1410. The molecule has 31 heavy (non-hydrogen) atoms. The van der Waals surface area contributed by atoms with E-state index in [2.05, 4.69) is 21.5 Å². The monoisotopic (exact) mass is 411 g/mol. The largest absolute Gasteiger partial charge is 0.346 e.